The number of fused-ring (bicyclic) bond motifs is 1. The van der Waals surface area contributed by atoms with Crippen molar-refractivity contribution in [3.63, 3.8) is 0 Å². The SMILES string of the molecule is Cc1cccc(C)c1NC(=O)[C@H](C)OC(=O)c1cc(=O)c2cc(Cl)ccc2o1. The van der Waals surface area contributed by atoms with Crippen LogP contribution in [-0.4, -0.2) is 18.0 Å². The number of aryl methyl sites for hydroxylation is 2. The van der Waals surface area contributed by atoms with E-state index in [1.54, 1.807) is 6.07 Å². The second-order valence-corrected chi connectivity index (χ2v) is 6.86. The monoisotopic (exact) mass is 399 g/mol. The van der Waals surface area contributed by atoms with Crippen molar-refractivity contribution in [3.8, 4) is 0 Å². The number of para-hydroxylation sites is 1. The van der Waals surface area contributed by atoms with Gasteiger partial charge in [-0.25, -0.2) is 4.79 Å². The molecule has 0 fully saturated rings. The van der Waals surface area contributed by atoms with Crippen LogP contribution in [0.25, 0.3) is 11.0 Å². The summed E-state index contributed by atoms with van der Waals surface area (Å²) in [4.78, 5) is 36.9. The van der Waals surface area contributed by atoms with E-state index in [9.17, 15) is 14.4 Å². The van der Waals surface area contributed by atoms with Crippen LogP contribution < -0.4 is 10.7 Å². The van der Waals surface area contributed by atoms with E-state index in [4.69, 9.17) is 20.8 Å². The maximum Gasteiger partial charge on any atom is 0.375 e. The lowest BCUT2D eigenvalue weighted by atomic mass is 10.1. The molecule has 3 aromatic rings. The number of ether oxygens (including phenoxy) is 1. The van der Waals surface area contributed by atoms with E-state index in [1.165, 1.54) is 19.1 Å². The maximum absolute atomic E-state index is 12.4. The molecular formula is C21H18ClNO5. The number of hydrogen-bond donors (Lipinski definition) is 1. The number of carbonyl (C=O) groups is 2. The molecule has 0 aliphatic carbocycles. The van der Waals surface area contributed by atoms with Crippen LogP contribution in [0.1, 0.15) is 28.6 Å². The first-order valence-electron chi connectivity index (χ1n) is 8.57. The second kappa shape index (κ2) is 7.86. The summed E-state index contributed by atoms with van der Waals surface area (Å²) in [6.07, 6.45) is -1.09. The lowest BCUT2D eigenvalue weighted by Crippen LogP contribution is -2.30. The van der Waals surface area contributed by atoms with Gasteiger partial charge in [0.05, 0.1) is 5.39 Å². The Kier molecular flexibility index (Phi) is 5.51. The molecule has 0 unspecified atom stereocenters. The molecule has 1 N–H and O–H groups in total. The molecular weight excluding hydrogens is 382 g/mol. The maximum atomic E-state index is 12.4. The first kappa shape index (κ1) is 19.6. The zero-order valence-electron chi connectivity index (χ0n) is 15.5. The van der Waals surface area contributed by atoms with Gasteiger partial charge in [0.1, 0.15) is 5.58 Å². The van der Waals surface area contributed by atoms with Gasteiger partial charge < -0.3 is 14.5 Å². The molecule has 0 bridgehead atoms. The molecule has 1 heterocycles. The highest BCUT2D eigenvalue weighted by atomic mass is 35.5. The smallest absolute Gasteiger partial charge is 0.375 e. The fraction of sp³-hybridized carbons (Fsp3) is 0.190. The number of amides is 1. The Morgan fingerprint density at radius 2 is 1.79 bits per heavy atom. The number of hydrogen-bond acceptors (Lipinski definition) is 5. The highest BCUT2D eigenvalue weighted by Crippen LogP contribution is 2.21. The zero-order valence-corrected chi connectivity index (χ0v) is 16.3. The Bertz CT molecular complexity index is 1120. The minimum Gasteiger partial charge on any atom is -0.449 e. The molecule has 0 spiro atoms. The molecule has 3 rings (SSSR count). The van der Waals surface area contributed by atoms with Crippen LogP contribution >= 0.6 is 11.6 Å². The van der Waals surface area contributed by atoms with Gasteiger partial charge in [-0.05, 0) is 50.1 Å². The third-order valence-electron chi connectivity index (χ3n) is 4.27. The summed E-state index contributed by atoms with van der Waals surface area (Å²) in [6.45, 7) is 5.18. The van der Waals surface area contributed by atoms with Gasteiger partial charge in [0.15, 0.2) is 11.5 Å². The number of esters is 1. The Morgan fingerprint density at radius 1 is 1.11 bits per heavy atom. The first-order chi connectivity index (χ1) is 13.3. The molecule has 0 aliphatic rings. The van der Waals surface area contributed by atoms with E-state index in [1.807, 2.05) is 32.0 Å². The van der Waals surface area contributed by atoms with Crippen LogP contribution in [-0.2, 0) is 9.53 Å². The Balaban J connectivity index is 1.77. The molecule has 1 aromatic heterocycles. The van der Waals surface area contributed by atoms with E-state index in [-0.39, 0.29) is 16.7 Å². The average molecular weight is 400 g/mol. The summed E-state index contributed by atoms with van der Waals surface area (Å²) < 4.78 is 10.6. The molecule has 0 aliphatic heterocycles. The third-order valence-corrected chi connectivity index (χ3v) is 4.51. The van der Waals surface area contributed by atoms with Crippen LogP contribution in [0.5, 0.6) is 0 Å². The van der Waals surface area contributed by atoms with Crippen LogP contribution in [0.15, 0.2) is 51.7 Å². The Hall–Kier alpha value is -3.12. The van der Waals surface area contributed by atoms with Crippen molar-refractivity contribution >= 4 is 40.1 Å². The van der Waals surface area contributed by atoms with Gasteiger partial charge in [0.2, 0.25) is 5.76 Å². The minimum atomic E-state index is -1.09. The predicted octanol–water partition coefficient (Wildman–Crippen LogP) is 4.25. The summed E-state index contributed by atoms with van der Waals surface area (Å²) in [7, 11) is 0. The molecule has 0 radical (unpaired) electrons. The topological polar surface area (TPSA) is 85.6 Å². The highest BCUT2D eigenvalue weighted by molar-refractivity contribution is 6.31. The number of benzene rings is 2. The van der Waals surface area contributed by atoms with Gasteiger partial charge in [-0.15, -0.1) is 0 Å². The molecule has 7 heteroatoms. The minimum absolute atomic E-state index is 0.205. The number of halogens is 1. The number of carbonyl (C=O) groups excluding carboxylic acids is 2. The van der Waals surface area contributed by atoms with Crippen LogP contribution in [0.3, 0.4) is 0 Å². The van der Waals surface area contributed by atoms with Gasteiger partial charge in [-0.1, -0.05) is 29.8 Å². The van der Waals surface area contributed by atoms with Crippen LogP contribution in [0, 0.1) is 13.8 Å². The fourth-order valence-corrected chi connectivity index (χ4v) is 2.91. The van der Waals surface area contributed by atoms with E-state index in [2.05, 4.69) is 5.32 Å². The van der Waals surface area contributed by atoms with Crippen molar-refractivity contribution < 1.29 is 18.7 Å². The van der Waals surface area contributed by atoms with E-state index in [0.717, 1.165) is 17.2 Å². The number of nitrogens with one attached hydrogen (secondary N) is 1. The van der Waals surface area contributed by atoms with Crippen molar-refractivity contribution in [3.05, 3.63) is 74.6 Å². The molecule has 6 nitrogen and oxygen atoms in total. The van der Waals surface area contributed by atoms with Crippen molar-refractivity contribution in [1.82, 2.24) is 0 Å². The first-order valence-corrected chi connectivity index (χ1v) is 8.95. The van der Waals surface area contributed by atoms with Gasteiger partial charge in [0, 0.05) is 16.8 Å². The largest absolute Gasteiger partial charge is 0.449 e. The number of rotatable bonds is 4. The number of anilines is 1. The Labute approximate surface area is 166 Å². The molecule has 1 amide bonds. The predicted molar refractivity (Wildman–Crippen MR) is 107 cm³/mol. The highest BCUT2D eigenvalue weighted by Gasteiger charge is 2.22. The summed E-state index contributed by atoms with van der Waals surface area (Å²) >= 11 is 5.87. The van der Waals surface area contributed by atoms with Gasteiger partial charge in [0.25, 0.3) is 5.91 Å². The van der Waals surface area contributed by atoms with Crippen LogP contribution in [0.4, 0.5) is 5.69 Å². The normalized spacial score (nSPS) is 11.9. The van der Waals surface area contributed by atoms with E-state index in [0.29, 0.717) is 10.7 Å². The van der Waals surface area contributed by atoms with Crippen molar-refractivity contribution in [2.45, 2.75) is 26.9 Å². The van der Waals surface area contributed by atoms with Gasteiger partial charge >= 0.3 is 5.97 Å². The zero-order chi connectivity index (χ0) is 20.4. The molecule has 0 saturated carbocycles. The van der Waals surface area contributed by atoms with Gasteiger partial charge in [-0.3, -0.25) is 9.59 Å². The molecule has 28 heavy (non-hydrogen) atoms. The summed E-state index contributed by atoms with van der Waals surface area (Å²) in [5, 5.41) is 3.40. The fourth-order valence-electron chi connectivity index (χ4n) is 2.74. The quantitative estimate of drug-likeness (QED) is 0.663. The van der Waals surface area contributed by atoms with Crippen molar-refractivity contribution in [2.75, 3.05) is 5.32 Å². The average Bonchev–Trinajstić information content (AvgIpc) is 2.65. The van der Waals surface area contributed by atoms with E-state index >= 15 is 0 Å². The molecule has 0 saturated heterocycles. The van der Waals surface area contributed by atoms with Crippen LogP contribution in [0.2, 0.25) is 5.02 Å². The lowest BCUT2D eigenvalue weighted by molar-refractivity contribution is -0.123. The molecule has 1 atom stereocenters. The summed E-state index contributed by atoms with van der Waals surface area (Å²) in [6, 6.07) is 11.1. The van der Waals surface area contributed by atoms with Gasteiger partial charge in [-0.2, -0.15) is 0 Å². The lowest BCUT2D eigenvalue weighted by Gasteiger charge is -2.16. The van der Waals surface area contributed by atoms with Crippen molar-refractivity contribution in [2.24, 2.45) is 0 Å². The van der Waals surface area contributed by atoms with E-state index < -0.39 is 23.4 Å². The Morgan fingerprint density at radius 3 is 2.46 bits per heavy atom. The molecule has 2 aromatic carbocycles. The second-order valence-electron chi connectivity index (χ2n) is 6.42. The molecule has 144 valence electrons. The third kappa shape index (κ3) is 4.07. The summed E-state index contributed by atoms with van der Waals surface area (Å²) in [5.41, 5.74) is 2.24. The van der Waals surface area contributed by atoms with Crippen molar-refractivity contribution in [1.29, 1.82) is 0 Å². The standard InChI is InChI=1S/C21H18ClNO5/c1-11-5-4-6-12(2)19(11)23-20(25)13(3)27-21(26)18-10-16(24)15-9-14(22)7-8-17(15)28-18/h4-10,13H,1-3H3,(H,23,25)/t13-/m0/s1. The summed E-state index contributed by atoms with van der Waals surface area (Å²) in [5.74, 6) is -1.68.